The largest absolute Gasteiger partial charge is 0.462 e. The van der Waals surface area contributed by atoms with Gasteiger partial charge < -0.3 is 29.2 Å². The number of anilines is 2. The molecule has 7 rings (SSSR count). The van der Waals surface area contributed by atoms with Crippen molar-refractivity contribution in [3.05, 3.63) is 53.2 Å². The maximum absolute atomic E-state index is 13.0. The average molecular weight is 612 g/mol. The molecule has 45 heavy (non-hydrogen) atoms. The molecule has 2 atom stereocenters. The molecule has 4 aliphatic rings. The number of piperidine rings is 1. The topological polar surface area (TPSA) is 85.1 Å². The third-order valence-electron chi connectivity index (χ3n) is 10.5. The number of likely N-dealkylation sites (N-methyl/N-ethyl adjacent to an activating group) is 2. The van der Waals surface area contributed by atoms with E-state index in [-0.39, 0.29) is 23.9 Å². The highest BCUT2D eigenvalue weighted by Gasteiger charge is 2.45. The smallest absolute Gasteiger partial charge is 0.318 e. The predicted octanol–water partition coefficient (Wildman–Crippen LogP) is 3.63. The minimum absolute atomic E-state index is 0.0307. The van der Waals surface area contributed by atoms with Crippen LogP contribution in [0.2, 0.25) is 0 Å². The fraction of sp³-hybridized carbons (Fsp3) is 0.543. The quantitative estimate of drug-likeness (QED) is 0.375. The highest BCUT2D eigenvalue weighted by atomic mass is 16.5. The molecule has 0 N–H and O–H groups in total. The van der Waals surface area contributed by atoms with Crippen molar-refractivity contribution >= 4 is 34.1 Å². The number of fused-ring (bicyclic) bond motifs is 2. The molecule has 10 heteroatoms. The molecule has 3 saturated heterocycles. The van der Waals surface area contributed by atoms with E-state index in [0.717, 1.165) is 63.4 Å². The highest BCUT2D eigenvalue weighted by Crippen LogP contribution is 2.36. The van der Waals surface area contributed by atoms with Gasteiger partial charge >= 0.3 is 6.01 Å². The molecule has 0 spiro atoms. The summed E-state index contributed by atoms with van der Waals surface area (Å²) < 4.78 is 6.35. The molecule has 0 saturated carbocycles. The predicted molar refractivity (Wildman–Crippen MR) is 176 cm³/mol. The number of carbonyl (C=O) groups excluding carboxylic acids is 2. The molecule has 0 radical (unpaired) electrons. The zero-order chi connectivity index (χ0) is 31.2. The Hall–Kier alpha value is -3.92. The number of aromatic nitrogens is 2. The summed E-state index contributed by atoms with van der Waals surface area (Å²) in [4.78, 5) is 45.5. The van der Waals surface area contributed by atoms with Crippen molar-refractivity contribution in [2.45, 2.75) is 70.6 Å². The number of ether oxygens (including phenoxy) is 1. The van der Waals surface area contributed by atoms with E-state index in [4.69, 9.17) is 14.7 Å². The van der Waals surface area contributed by atoms with Crippen LogP contribution >= 0.6 is 0 Å². The summed E-state index contributed by atoms with van der Waals surface area (Å²) in [5.41, 5.74) is 4.79. The van der Waals surface area contributed by atoms with Crippen LogP contribution < -0.4 is 14.5 Å². The van der Waals surface area contributed by atoms with E-state index in [2.05, 4.69) is 65.1 Å². The Labute approximate surface area is 265 Å². The molecule has 0 aliphatic carbocycles. The van der Waals surface area contributed by atoms with E-state index in [1.807, 2.05) is 11.9 Å². The van der Waals surface area contributed by atoms with Gasteiger partial charge in [0.05, 0.1) is 18.8 Å². The van der Waals surface area contributed by atoms with Gasteiger partial charge in [0.15, 0.2) is 0 Å². The number of nitrogens with zero attached hydrogens (tertiary/aromatic N) is 7. The van der Waals surface area contributed by atoms with E-state index < -0.39 is 0 Å². The van der Waals surface area contributed by atoms with Crippen molar-refractivity contribution in [2.24, 2.45) is 0 Å². The van der Waals surface area contributed by atoms with E-state index >= 15 is 0 Å². The Bertz CT molecular complexity index is 1600. The lowest BCUT2D eigenvalue weighted by Gasteiger charge is -2.39. The van der Waals surface area contributed by atoms with Gasteiger partial charge in [0.25, 0.3) is 0 Å². The van der Waals surface area contributed by atoms with Crippen molar-refractivity contribution < 1.29 is 14.3 Å². The van der Waals surface area contributed by atoms with Crippen LogP contribution in [0, 0.1) is 6.92 Å². The third kappa shape index (κ3) is 5.80. The highest BCUT2D eigenvalue weighted by molar-refractivity contribution is 5.97. The maximum atomic E-state index is 13.0. The first-order valence-electron chi connectivity index (χ1n) is 16.5. The Kier molecular flexibility index (Phi) is 8.02. The summed E-state index contributed by atoms with van der Waals surface area (Å²) in [7, 11) is 4.05. The van der Waals surface area contributed by atoms with Crippen LogP contribution in [0.15, 0.2) is 36.4 Å². The fourth-order valence-electron chi connectivity index (χ4n) is 7.63. The number of aryl methyl sites for hydroxylation is 1. The second-order valence-corrected chi connectivity index (χ2v) is 13.3. The van der Waals surface area contributed by atoms with Gasteiger partial charge in [-0.2, -0.15) is 9.97 Å². The molecule has 4 aliphatic heterocycles. The monoisotopic (exact) mass is 611 g/mol. The zero-order valence-corrected chi connectivity index (χ0v) is 27.0. The first-order valence-corrected chi connectivity index (χ1v) is 16.5. The van der Waals surface area contributed by atoms with Gasteiger partial charge in [0.1, 0.15) is 18.5 Å². The number of hydrogen-bond acceptors (Lipinski definition) is 8. The second-order valence-electron chi connectivity index (χ2n) is 13.3. The normalized spacial score (nSPS) is 22.1. The minimum atomic E-state index is -0.286. The van der Waals surface area contributed by atoms with E-state index in [0.29, 0.717) is 31.7 Å². The van der Waals surface area contributed by atoms with Crippen molar-refractivity contribution in [3.63, 3.8) is 0 Å². The van der Waals surface area contributed by atoms with Crippen LogP contribution in [0.5, 0.6) is 6.01 Å². The number of likely N-dealkylation sites (tertiary alicyclic amines) is 1. The number of hydrogen-bond donors (Lipinski definition) is 0. The Morgan fingerprint density at radius 1 is 1.00 bits per heavy atom. The lowest BCUT2D eigenvalue weighted by molar-refractivity contribution is -0.135. The molecule has 2 aromatic carbocycles. The second kappa shape index (κ2) is 12.1. The third-order valence-corrected chi connectivity index (χ3v) is 10.5. The standard InChI is InChI=1S/C35H45N7O3/c1-23-8-5-9-25-10-6-12-30(32(23)25)41-19-15-28-29(20-41)36-35(45-22-27-11-7-16-38(27)3)37-33(28)40-17-13-26(14-18-40)39(4)34(44)31-21-42(31)24(2)43/h5-6,8-10,12,26-27,31H,7,11,13-22H2,1-4H3. The summed E-state index contributed by atoms with van der Waals surface area (Å²) in [5, 5.41) is 2.56. The SMILES string of the molecule is CC(=O)N1CC1C(=O)N(C)C1CCN(c2nc(OCC3CCCN3C)nc3c2CCN(c2cccc4cccc(C)c24)C3)CC1. The zero-order valence-electron chi connectivity index (χ0n) is 27.0. The summed E-state index contributed by atoms with van der Waals surface area (Å²) in [6, 6.07) is 13.8. The molecule has 2 unspecified atom stereocenters. The molecule has 3 fully saturated rings. The van der Waals surface area contributed by atoms with Gasteiger partial charge in [0, 0.05) is 62.3 Å². The molecule has 238 valence electrons. The average Bonchev–Trinajstić information content (AvgIpc) is 3.77. The number of rotatable bonds is 7. The van der Waals surface area contributed by atoms with E-state index in [9.17, 15) is 9.59 Å². The Morgan fingerprint density at radius 2 is 1.78 bits per heavy atom. The van der Waals surface area contributed by atoms with Gasteiger partial charge in [-0.05, 0) is 69.6 Å². The van der Waals surface area contributed by atoms with Crippen molar-refractivity contribution in [2.75, 3.05) is 63.2 Å². The van der Waals surface area contributed by atoms with Gasteiger partial charge in [-0.1, -0.05) is 30.3 Å². The minimum Gasteiger partial charge on any atom is -0.462 e. The van der Waals surface area contributed by atoms with Crippen LogP contribution in [0.3, 0.4) is 0 Å². The van der Waals surface area contributed by atoms with E-state index in [1.54, 1.807) is 4.90 Å². The van der Waals surface area contributed by atoms with Gasteiger partial charge in [0.2, 0.25) is 11.8 Å². The molecular formula is C35H45N7O3. The fourth-order valence-corrected chi connectivity index (χ4v) is 7.63. The van der Waals surface area contributed by atoms with Crippen molar-refractivity contribution in [1.29, 1.82) is 0 Å². The first kappa shape index (κ1) is 29.8. The summed E-state index contributed by atoms with van der Waals surface area (Å²) in [6.07, 6.45) is 4.91. The number of benzene rings is 2. The number of carbonyl (C=O) groups is 2. The van der Waals surface area contributed by atoms with E-state index in [1.165, 1.54) is 40.9 Å². The first-order chi connectivity index (χ1) is 21.8. The Morgan fingerprint density at radius 3 is 2.49 bits per heavy atom. The van der Waals surface area contributed by atoms with Crippen molar-refractivity contribution in [3.8, 4) is 6.01 Å². The van der Waals surface area contributed by atoms with Crippen LogP contribution in [-0.2, 0) is 22.6 Å². The summed E-state index contributed by atoms with van der Waals surface area (Å²) >= 11 is 0. The lowest BCUT2D eigenvalue weighted by atomic mass is 9.98. The van der Waals surface area contributed by atoms with Crippen LogP contribution in [0.1, 0.15) is 49.4 Å². The number of amides is 2. The molecule has 3 aromatic rings. The van der Waals surface area contributed by atoms with Gasteiger partial charge in [-0.3, -0.25) is 9.59 Å². The molecule has 5 heterocycles. The van der Waals surface area contributed by atoms with Crippen LogP contribution in [0.4, 0.5) is 11.5 Å². The van der Waals surface area contributed by atoms with Gasteiger partial charge in [-0.25, -0.2) is 0 Å². The molecular weight excluding hydrogens is 566 g/mol. The molecule has 10 nitrogen and oxygen atoms in total. The maximum Gasteiger partial charge on any atom is 0.318 e. The Balaban J connectivity index is 1.12. The summed E-state index contributed by atoms with van der Waals surface area (Å²) in [6.45, 7) is 9.17. The summed E-state index contributed by atoms with van der Waals surface area (Å²) in [5.74, 6) is 1.01. The van der Waals surface area contributed by atoms with Crippen molar-refractivity contribution in [1.82, 2.24) is 24.7 Å². The van der Waals surface area contributed by atoms with Crippen LogP contribution in [0.25, 0.3) is 10.8 Å². The van der Waals surface area contributed by atoms with Gasteiger partial charge in [-0.15, -0.1) is 0 Å². The lowest BCUT2D eigenvalue weighted by Crippen LogP contribution is -2.48. The van der Waals surface area contributed by atoms with Crippen LogP contribution in [-0.4, -0.2) is 108 Å². The molecule has 1 aromatic heterocycles. The molecule has 2 amide bonds. The molecule has 0 bridgehead atoms.